The normalized spacial score (nSPS) is 27.0. The van der Waals surface area contributed by atoms with Gasteiger partial charge in [-0.3, -0.25) is 4.79 Å². The molecule has 7 nitrogen and oxygen atoms in total. The summed E-state index contributed by atoms with van der Waals surface area (Å²) in [4.78, 5) is 22.5. The molecule has 120 valence electrons. The number of ether oxygens (including phenoxy) is 1. The Bertz CT molecular complexity index is 702. The highest BCUT2D eigenvalue weighted by atomic mass is 16.5. The van der Waals surface area contributed by atoms with Gasteiger partial charge < -0.3 is 14.2 Å². The van der Waals surface area contributed by atoms with E-state index < -0.39 is 0 Å². The van der Waals surface area contributed by atoms with Crippen molar-refractivity contribution >= 4 is 5.91 Å². The molecule has 0 unspecified atom stereocenters. The molecule has 1 amide bonds. The monoisotopic (exact) mass is 314 g/mol. The summed E-state index contributed by atoms with van der Waals surface area (Å²) in [5.74, 6) is 1.02. The highest BCUT2D eigenvalue weighted by molar-refractivity contribution is 5.92. The molecule has 2 aromatic heterocycles. The molecule has 0 spiro atoms. The molecular formula is C16H18N4O3. The Morgan fingerprint density at radius 3 is 3.09 bits per heavy atom. The molecule has 2 fully saturated rings. The van der Waals surface area contributed by atoms with E-state index in [1.165, 1.54) is 0 Å². The van der Waals surface area contributed by atoms with E-state index in [1.54, 1.807) is 30.4 Å². The van der Waals surface area contributed by atoms with Crippen LogP contribution in [0.5, 0.6) is 0 Å². The average Bonchev–Trinajstić information content (AvgIpc) is 3.20. The number of rotatable bonds is 2. The van der Waals surface area contributed by atoms with Gasteiger partial charge in [0.15, 0.2) is 5.69 Å². The molecule has 0 radical (unpaired) electrons. The van der Waals surface area contributed by atoms with E-state index in [0.29, 0.717) is 23.9 Å². The van der Waals surface area contributed by atoms with E-state index in [2.05, 4.69) is 15.1 Å². The number of carbonyl (C=O) groups is 1. The second-order valence-electron chi connectivity index (χ2n) is 6.16. The van der Waals surface area contributed by atoms with Gasteiger partial charge in [-0.2, -0.15) is 0 Å². The van der Waals surface area contributed by atoms with Crippen LogP contribution in [0.1, 0.15) is 40.9 Å². The summed E-state index contributed by atoms with van der Waals surface area (Å²) in [6.45, 7) is 3.10. The quantitative estimate of drug-likeness (QED) is 0.840. The van der Waals surface area contributed by atoms with Crippen LogP contribution in [-0.2, 0) is 4.74 Å². The Hall–Kier alpha value is -2.28. The second kappa shape index (κ2) is 5.73. The number of fused-ring (bicyclic) bond motifs is 1. The zero-order valence-electron chi connectivity index (χ0n) is 12.9. The van der Waals surface area contributed by atoms with Gasteiger partial charge in [0, 0.05) is 25.4 Å². The molecule has 2 aromatic rings. The van der Waals surface area contributed by atoms with Crippen LogP contribution >= 0.6 is 0 Å². The minimum Gasteiger partial charge on any atom is -0.367 e. The SMILES string of the molecule is Cc1cc(C(=O)N2CC[C@H]3C[C@@H](c4ccncn4)O[C@@H]3C2)no1. The van der Waals surface area contributed by atoms with E-state index in [1.807, 2.05) is 6.07 Å². The van der Waals surface area contributed by atoms with Crippen LogP contribution in [0.3, 0.4) is 0 Å². The van der Waals surface area contributed by atoms with E-state index in [0.717, 1.165) is 25.1 Å². The van der Waals surface area contributed by atoms with Gasteiger partial charge in [0.2, 0.25) is 0 Å². The summed E-state index contributed by atoms with van der Waals surface area (Å²) in [5.41, 5.74) is 1.28. The molecule has 0 N–H and O–H groups in total. The topological polar surface area (TPSA) is 81.4 Å². The molecule has 2 aliphatic heterocycles. The lowest BCUT2D eigenvalue weighted by molar-refractivity contribution is -0.00590. The molecule has 2 aliphatic rings. The third kappa shape index (κ3) is 2.72. The van der Waals surface area contributed by atoms with Gasteiger partial charge >= 0.3 is 0 Å². The van der Waals surface area contributed by atoms with Crippen molar-refractivity contribution < 1.29 is 14.1 Å². The molecule has 2 saturated heterocycles. The number of carbonyl (C=O) groups excluding carboxylic acids is 1. The number of piperidine rings is 1. The van der Waals surface area contributed by atoms with E-state index in [9.17, 15) is 4.79 Å². The summed E-state index contributed by atoms with van der Waals surface area (Å²) in [6.07, 6.45) is 5.22. The smallest absolute Gasteiger partial charge is 0.276 e. The summed E-state index contributed by atoms with van der Waals surface area (Å²) in [6, 6.07) is 3.57. The molecule has 3 atom stereocenters. The molecule has 0 bridgehead atoms. The molecule has 23 heavy (non-hydrogen) atoms. The molecule has 7 heteroatoms. The maximum absolute atomic E-state index is 12.5. The summed E-state index contributed by atoms with van der Waals surface area (Å²) in [7, 11) is 0. The Balaban J connectivity index is 1.44. The first kappa shape index (κ1) is 14.3. The fourth-order valence-corrected chi connectivity index (χ4v) is 3.43. The van der Waals surface area contributed by atoms with Crippen LogP contribution in [-0.4, -0.2) is 45.1 Å². The number of hydrogen-bond acceptors (Lipinski definition) is 6. The van der Waals surface area contributed by atoms with E-state index >= 15 is 0 Å². The number of nitrogens with zero attached hydrogens (tertiary/aromatic N) is 4. The van der Waals surface area contributed by atoms with Crippen molar-refractivity contribution in [3.05, 3.63) is 41.8 Å². The van der Waals surface area contributed by atoms with Crippen molar-refractivity contribution in [3.63, 3.8) is 0 Å². The highest BCUT2D eigenvalue weighted by Gasteiger charge is 2.41. The van der Waals surface area contributed by atoms with E-state index in [4.69, 9.17) is 9.26 Å². The standard InChI is InChI=1S/C16H18N4O3/c1-10-6-13(19-23-10)16(21)20-5-3-11-7-14(22-15(11)8-20)12-2-4-17-9-18-12/h2,4,6,9,11,14-15H,3,5,7-8H2,1H3/t11-,14-,15+/m0/s1. The van der Waals surface area contributed by atoms with Crippen molar-refractivity contribution in [2.45, 2.75) is 32.0 Å². The number of aryl methyl sites for hydroxylation is 1. The minimum atomic E-state index is -0.0885. The first-order valence-electron chi connectivity index (χ1n) is 7.84. The lowest BCUT2D eigenvalue weighted by Crippen LogP contribution is -2.45. The molecule has 0 saturated carbocycles. The maximum Gasteiger partial charge on any atom is 0.276 e. The zero-order chi connectivity index (χ0) is 15.8. The zero-order valence-corrected chi connectivity index (χ0v) is 12.9. The third-order valence-electron chi connectivity index (χ3n) is 4.62. The first-order valence-corrected chi connectivity index (χ1v) is 7.84. The van der Waals surface area contributed by atoms with Crippen LogP contribution in [0.4, 0.5) is 0 Å². The minimum absolute atomic E-state index is 0.00246. The summed E-state index contributed by atoms with van der Waals surface area (Å²) < 4.78 is 11.1. The van der Waals surface area contributed by atoms with Crippen molar-refractivity contribution in [2.75, 3.05) is 13.1 Å². The molecular weight excluding hydrogens is 296 g/mol. The lowest BCUT2D eigenvalue weighted by Gasteiger charge is -2.33. The van der Waals surface area contributed by atoms with Gasteiger partial charge in [0.05, 0.1) is 11.8 Å². The van der Waals surface area contributed by atoms with Gasteiger partial charge in [-0.15, -0.1) is 0 Å². The largest absolute Gasteiger partial charge is 0.367 e. The van der Waals surface area contributed by atoms with Crippen LogP contribution in [0.15, 0.2) is 29.2 Å². The van der Waals surface area contributed by atoms with Gasteiger partial charge in [0.25, 0.3) is 5.91 Å². The van der Waals surface area contributed by atoms with Crippen molar-refractivity contribution in [1.82, 2.24) is 20.0 Å². The van der Waals surface area contributed by atoms with Gasteiger partial charge in [0.1, 0.15) is 18.2 Å². The molecule has 4 heterocycles. The van der Waals surface area contributed by atoms with Crippen LogP contribution in [0.2, 0.25) is 0 Å². The number of aromatic nitrogens is 3. The average molecular weight is 314 g/mol. The second-order valence-corrected chi connectivity index (χ2v) is 6.16. The Morgan fingerprint density at radius 1 is 1.43 bits per heavy atom. The molecule has 0 aromatic carbocycles. The Kier molecular flexibility index (Phi) is 3.57. The van der Waals surface area contributed by atoms with Crippen LogP contribution < -0.4 is 0 Å². The van der Waals surface area contributed by atoms with Gasteiger partial charge in [-0.25, -0.2) is 9.97 Å². The predicted octanol–water partition coefficient (Wildman–Crippen LogP) is 1.77. The fourth-order valence-electron chi connectivity index (χ4n) is 3.43. The summed E-state index contributed by atoms with van der Waals surface area (Å²) in [5, 5.41) is 3.81. The Morgan fingerprint density at radius 2 is 2.35 bits per heavy atom. The van der Waals surface area contributed by atoms with Crippen LogP contribution in [0.25, 0.3) is 0 Å². The number of likely N-dealkylation sites (tertiary alicyclic amines) is 1. The molecule has 4 rings (SSSR count). The summed E-state index contributed by atoms with van der Waals surface area (Å²) >= 11 is 0. The van der Waals surface area contributed by atoms with E-state index in [-0.39, 0.29) is 18.1 Å². The maximum atomic E-state index is 12.5. The van der Waals surface area contributed by atoms with Gasteiger partial charge in [-0.05, 0) is 31.7 Å². The number of amides is 1. The molecule has 0 aliphatic carbocycles. The highest BCUT2D eigenvalue weighted by Crippen LogP contribution is 2.40. The van der Waals surface area contributed by atoms with Crippen molar-refractivity contribution in [1.29, 1.82) is 0 Å². The lowest BCUT2D eigenvalue weighted by atomic mass is 9.91. The number of hydrogen-bond donors (Lipinski definition) is 0. The van der Waals surface area contributed by atoms with Crippen molar-refractivity contribution in [2.24, 2.45) is 5.92 Å². The third-order valence-corrected chi connectivity index (χ3v) is 4.62. The first-order chi connectivity index (χ1) is 11.2. The van der Waals surface area contributed by atoms with Crippen LogP contribution in [0, 0.1) is 12.8 Å². The van der Waals surface area contributed by atoms with Gasteiger partial charge in [-0.1, -0.05) is 5.16 Å². The van der Waals surface area contributed by atoms with Crippen molar-refractivity contribution in [3.8, 4) is 0 Å². The fraction of sp³-hybridized carbons (Fsp3) is 0.500. The predicted molar refractivity (Wildman–Crippen MR) is 79.5 cm³/mol. The Labute approximate surface area is 133 Å².